The Morgan fingerprint density at radius 1 is 1.26 bits per heavy atom. The average molecular weight is 416 g/mol. The molecule has 0 saturated carbocycles. The zero-order chi connectivity index (χ0) is 19.5. The van der Waals surface area contributed by atoms with Crippen molar-refractivity contribution in [2.75, 3.05) is 7.11 Å². The number of methoxy groups -OCH3 is 1. The predicted molar refractivity (Wildman–Crippen MR) is 93.1 cm³/mol. The number of Topliss-reactive ketones (excluding diaryl/α,β-unsaturated/α-hetero) is 1. The van der Waals surface area contributed by atoms with Gasteiger partial charge in [-0.3, -0.25) is 14.9 Å². The maximum Gasteiger partial charge on any atom is 2.00 e. The Morgan fingerprint density at radius 2 is 1.93 bits per heavy atom. The first-order valence-electron chi connectivity index (χ1n) is 6.98. The van der Waals surface area contributed by atoms with E-state index in [1.807, 2.05) is 0 Å². The van der Waals surface area contributed by atoms with Crippen molar-refractivity contribution >= 4 is 40.4 Å². The summed E-state index contributed by atoms with van der Waals surface area (Å²) in [5, 5.41) is 10.5. The Hall–Kier alpha value is -1.88. The summed E-state index contributed by atoms with van der Waals surface area (Å²) >= 11 is 5.80. The van der Waals surface area contributed by atoms with Crippen molar-refractivity contribution < 1.29 is 35.2 Å². The van der Waals surface area contributed by atoms with Crippen LogP contribution in [0.1, 0.15) is 18.8 Å². The van der Waals surface area contributed by atoms with Crippen LogP contribution in [0.4, 0.5) is 13.2 Å². The number of nitro groups is 1. The third-order valence-electron chi connectivity index (χ3n) is 3.24. The number of halogens is 4. The monoisotopic (exact) mass is 415 g/mol. The summed E-state index contributed by atoms with van der Waals surface area (Å²) in [7, 11) is 1.02. The Balaban J connectivity index is 0. The number of carbonyl (C=O) groups is 1. The second-order valence-corrected chi connectivity index (χ2v) is 5.42. The second-order valence-electron chi connectivity index (χ2n) is 5.01. The number of rotatable bonds is 6. The molecule has 6 nitrogen and oxygen atoms in total. The van der Waals surface area contributed by atoms with Gasteiger partial charge in [0, 0.05) is 12.7 Å². The van der Waals surface area contributed by atoms with Gasteiger partial charge in [-0.1, -0.05) is 23.7 Å². The van der Waals surface area contributed by atoms with Crippen molar-refractivity contribution in [3.05, 3.63) is 68.7 Å². The first kappa shape index (κ1) is 23.2. The second kappa shape index (κ2) is 9.35. The molecule has 142 valence electrons. The minimum Gasteiger partial charge on any atom is -1.00 e. The van der Waals surface area contributed by atoms with Gasteiger partial charge in [-0.25, -0.2) is 0 Å². The largest absolute Gasteiger partial charge is 2.00 e. The number of hydrogen-bond acceptors (Lipinski definition) is 5. The normalized spacial score (nSPS) is 12.0. The molecule has 1 atom stereocenters. The number of hydrogen-bond donors (Lipinski definition) is 0. The summed E-state index contributed by atoms with van der Waals surface area (Å²) < 4.78 is 47.8. The molecule has 2 aromatic carbocycles. The maximum atomic E-state index is 12.6. The predicted octanol–water partition coefficient (Wildman–Crippen LogP) is 4.43. The fourth-order valence-corrected chi connectivity index (χ4v) is 2.25. The summed E-state index contributed by atoms with van der Waals surface area (Å²) in [4.78, 5) is 22.0. The molecule has 0 fully saturated rings. The zero-order valence-electron chi connectivity index (χ0n) is 15.8. The smallest absolute Gasteiger partial charge is 1.00 e. The van der Waals surface area contributed by atoms with Crippen LogP contribution in [0.2, 0.25) is 5.02 Å². The van der Waals surface area contributed by atoms with Gasteiger partial charge in [0.1, 0.15) is 11.5 Å². The molecule has 0 radical (unpaired) electrons. The van der Waals surface area contributed by atoms with E-state index in [0.29, 0.717) is 6.07 Å². The molecular formula is C16H13ClF3MgNO5. The van der Waals surface area contributed by atoms with Gasteiger partial charge >= 0.3 is 35.5 Å². The number of benzene rings is 2. The van der Waals surface area contributed by atoms with E-state index in [9.17, 15) is 28.1 Å². The van der Waals surface area contributed by atoms with E-state index in [-0.39, 0.29) is 48.0 Å². The maximum absolute atomic E-state index is 12.6. The van der Waals surface area contributed by atoms with Crippen LogP contribution in [-0.2, 0) is 10.9 Å². The molecule has 0 bridgehead atoms. The van der Waals surface area contributed by atoms with Crippen molar-refractivity contribution in [1.82, 2.24) is 0 Å². The Morgan fingerprint density at radius 3 is 2.44 bits per heavy atom. The fraction of sp³-hybridized carbons (Fsp3) is 0.188. The SMILES string of the molecule is COC(C(=O)c1cccc(Oc2ccc(C(F)(F)F)cc2Cl)c1)[N+](=O)[O-].[H-].[H-].[Mg+2]. The van der Waals surface area contributed by atoms with Crippen LogP contribution in [0, 0.1) is 10.1 Å². The van der Waals surface area contributed by atoms with E-state index in [1.54, 1.807) is 0 Å². The van der Waals surface area contributed by atoms with Crippen molar-refractivity contribution in [1.29, 1.82) is 0 Å². The van der Waals surface area contributed by atoms with E-state index in [0.717, 1.165) is 19.2 Å². The summed E-state index contributed by atoms with van der Waals surface area (Å²) in [5.41, 5.74) is -0.998. The summed E-state index contributed by atoms with van der Waals surface area (Å²) in [6.45, 7) is 0. The van der Waals surface area contributed by atoms with Gasteiger partial charge in [-0.15, -0.1) is 0 Å². The van der Waals surface area contributed by atoms with Crippen molar-refractivity contribution in [3.63, 3.8) is 0 Å². The Kier molecular flexibility index (Phi) is 8.02. The summed E-state index contributed by atoms with van der Waals surface area (Å²) in [6, 6.07) is 7.87. The Bertz CT molecular complexity index is 858. The summed E-state index contributed by atoms with van der Waals surface area (Å²) in [6.07, 6.45) is -6.42. The third kappa shape index (κ3) is 5.80. The van der Waals surface area contributed by atoms with E-state index in [1.165, 1.54) is 24.3 Å². The molecule has 0 amide bonds. The number of ether oxygens (including phenoxy) is 2. The minimum atomic E-state index is -4.55. The molecule has 2 rings (SSSR count). The van der Waals surface area contributed by atoms with Crippen LogP contribution in [0.25, 0.3) is 0 Å². The van der Waals surface area contributed by atoms with Crippen molar-refractivity contribution in [3.8, 4) is 11.5 Å². The van der Waals surface area contributed by atoms with Gasteiger partial charge in [0.2, 0.25) is 0 Å². The van der Waals surface area contributed by atoms with Crippen molar-refractivity contribution in [2.45, 2.75) is 12.4 Å². The average Bonchev–Trinajstić information content (AvgIpc) is 2.56. The topological polar surface area (TPSA) is 78.7 Å². The molecule has 0 aliphatic carbocycles. The van der Waals surface area contributed by atoms with Crippen LogP contribution < -0.4 is 4.74 Å². The van der Waals surface area contributed by atoms with Crippen molar-refractivity contribution in [2.24, 2.45) is 0 Å². The molecule has 0 N–H and O–H groups in total. The molecule has 0 saturated heterocycles. The van der Waals surface area contributed by atoms with Gasteiger partial charge in [0.05, 0.1) is 15.5 Å². The molecule has 0 aliphatic rings. The number of ketones is 1. The zero-order valence-corrected chi connectivity index (χ0v) is 16.0. The van der Waals surface area contributed by atoms with Gasteiger partial charge < -0.3 is 12.3 Å². The van der Waals surface area contributed by atoms with Gasteiger partial charge in [0.25, 0.3) is 5.78 Å². The standard InChI is InChI=1S/C16H11ClF3NO5.Mg.2H/c1-25-15(21(23)24)14(22)9-3-2-4-11(7-9)26-13-6-5-10(8-12(13)17)16(18,19)20;;;/h2-8,15H,1H3;;;/q;+2;2*-1. The third-order valence-corrected chi connectivity index (χ3v) is 3.54. The molecule has 11 heteroatoms. The van der Waals surface area contributed by atoms with E-state index in [4.69, 9.17) is 16.3 Å². The molecule has 0 aliphatic heterocycles. The Labute approximate surface area is 175 Å². The van der Waals surface area contributed by atoms with E-state index < -0.39 is 28.7 Å². The van der Waals surface area contributed by atoms with Crippen LogP contribution >= 0.6 is 11.6 Å². The molecule has 0 heterocycles. The molecule has 27 heavy (non-hydrogen) atoms. The minimum absolute atomic E-state index is 0. The molecule has 1 unspecified atom stereocenters. The van der Waals surface area contributed by atoms with Crippen LogP contribution in [0.3, 0.4) is 0 Å². The quantitative estimate of drug-likeness (QED) is 0.229. The van der Waals surface area contributed by atoms with Gasteiger partial charge in [-0.2, -0.15) is 13.2 Å². The van der Waals surface area contributed by atoms with E-state index >= 15 is 0 Å². The van der Waals surface area contributed by atoms with Crippen LogP contribution in [0.5, 0.6) is 11.5 Å². The van der Waals surface area contributed by atoms with Gasteiger partial charge in [0.15, 0.2) is 0 Å². The molecule has 0 aromatic heterocycles. The van der Waals surface area contributed by atoms with Crippen LogP contribution in [-0.4, -0.2) is 47.1 Å². The molecule has 2 aromatic rings. The number of nitrogens with zero attached hydrogens (tertiary/aromatic N) is 1. The van der Waals surface area contributed by atoms with Crippen LogP contribution in [0.15, 0.2) is 42.5 Å². The first-order valence-corrected chi connectivity index (χ1v) is 7.36. The van der Waals surface area contributed by atoms with E-state index in [2.05, 4.69) is 4.74 Å². The summed E-state index contributed by atoms with van der Waals surface area (Å²) in [5.74, 6) is -0.904. The first-order chi connectivity index (χ1) is 12.1. The number of alkyl halides is 3. The molecular weight excluding hydrogens is 403 g/mol. The fourth-order valence-electron chi connectivity index (χ4n) is 2.03. The molecule has 0 spiro atoms. The van der Waals surface area contributed by atoms with Gasteiger partial charge in [-0.05, 0) is 30.3 Å². The number of carbonyl (C=O) groups excluding carboxylic acids is 1.